The highest BCUT2D eigenvalue weighted by Gasteiger charge is 2.24. The third kappa shape index (κ3) is 3.33. The molecule has 1 aromatic rings. The first kappa shape index (κ1) is 14.2. The summed E-state index contributed by atoms with van der Waals surface area (Å²) in [6.07, 6.45) is 0. The van der Waals surface area contributed by atoms with Crippen LogP contribution in [0.15, 0.2) is 18.2 Å². The van der Waals surface area contributed by atoms with E-state index in [1.807, 2.05) is 13.8 Å². The molecule has 0 unspecified atom stereocenters. The Labute approximate surface area is 106 Å². The summed E-state index contributed by atoms with van der Waals surface area (Å²) in [5, 5.41) is 17.1. The Morgan fingerprint density at radius 3 is 2.50 bits per heavy atom. The van der Waals surface area contributed by atoms with Crippen LogP contribution in [0.1, 0.15) is 13.8 Å². The molecule has 1 aromatic carbocycles. The molecule has 0 aliphatic carbocycles. The molecule has 0 fully saturated rings. The Hall–Kier alpha value is -1.82. The maximum absolute atomic E-state index is 11.1. The van der Waals surface area contributed by atoms with E-state index < -0.39 is 4.92 Å². The van der Waals surface area contributed by atoms with E-state index in [-0.39, 0.29) is 11.2 Å². The van der Waals surface area contributed by atoms with Gasteiger partial charge in [0.05, 0.1) is 17.1 Å². The first-order valence-electron chi connectivity index (χ1n) is 5.63. The number of nitro benzene ring substituents is 1. The van der Waals surface area contributed by atoms with E-state index in [4.69, 9.17) is 4.74 Å². The lowest BCUT2D eigenvalue weighted by Crippen LogP contribution is -2.36. The lowest BCUT2D eigenvalue weighted by Gasteiger charge is -2.26. The second kappa shape index (κ2) is 5.68. The van der Waals surface area contributed by atoms with Crippen molar-refractivity contribution in [3.63, 3.8) is 0 Å². The molecule has 18 heavy (non-hydrogen) atoms. The van der Waals surface area contributed by atoms with E-state index in [1.165, 1.54) is 0 Å². The van der Waals surface area contributed by atoms with Crippen LogP contribution in [0.5, 0.6) is 0 Å². The fourth-order valence-corrected chi connectivity index (χ4v) is 1.80. The zero-order valence-electron chi connectivity index (χ0n) is 11.1. The van der Waals surface area contributed by atoms with Gasteiger partial charge in [0.1, 0.15) is 11.4 Å². The zero-order valence-corrected chi connectivity index (χ0v) is 11.1. The van der Waals surface area contributed by atoms with Crippen LogP contribution in [-0.4, -0.2) is 31.2 Å². The topological polar surface area (TPSA) is 76.4 Å². The number of nitrogens with zero attached hydrogens (tertiary/aromatic N) is 1. The minimum absolute atomic E-state index is 0.0455. The molecule has 0 amide bonds. The first-order chi connectivity index (χ1) is 8.41. The van der Waals surface area contributed by atoms with E-state index >= 15 is 0 Å². The number of nitrogens with one attached hydrogen (secondary N) is 2. The van der Waals surface area contributed by atoms with E-state index in [1.54, 1.807) is 32.4 Å². The van der Waals surface area contributed by atoms with Gasteiger partial charge in [0.15, 0.2) is 0 Å². The van der Waals surface area contributed by atoms with Crippen molar-refractivity contribution in [3.05, 3.63) is 28.3 Å². The Balaban J connectivity index is 3.12. The highest BCUT2D eigenvalue weighted by atomic mass is 16.6. The quantitative estimate of drug-likeness (QED) is 0.601. The molecule has 0 heterocycles. The summed E-state index contributed by atoms with van der Waals surface area (Å²) in [5.41, 5.74) is 0.627. The Morgan fingerprint density at radius 2 is 2.00 bits per heavy atom. The summed E-state index contributed by atoms with van der Waals surface area (Å²) in [7, 11) is 3.26. The van der Waals surface area contributed by atoms with E-state index in [2.05, 4.69) is 10.6 Å². The number of hydrogen-bond acceptors (Lipinski definition) is 5. The number of hydrogen-bond donors (Lipinski definition) is 2. The van der Waals surface area contributed by atoms with Gasteiger partial charge in [-0.1, -0.05) is 6.07 Å². The molecule has 1 rings (SSSR count). The lowest BCUT2D eigenvalue weighted by molar-refractivity contribution is -0.383. The predicted octanol–water partition coefficient (Wildman–Crippen LogP) is 2.47. The van der Waals surface area contributed by atoms with Crippen molar-refractivity contribution in [2.24, 2.45) is 0 Å². The smallest absolute Gasteiger partial charge is 0.315 e. The fourth-order valence-electron chi connectivity index (χ4n) is 1.80. The van der Waals surface area contributed by atoms with Gasteiger partial charge in [0.25, 0.3) is 0 Å². The molecular weight excluding hydrogens is 234 g/mol. The third-order valence-corrected chi connectivity index (χ3v) is 2.47. The van der Waals surface area contributed by atoms with Crippen LogP contribution in [0.2, 0.25) is 0 Å². The molecule has 0 spiro atoms. The summed E-state index contributed by atoms with van der Waals surface area (Å²) in [6.45, 7) is 4.30. The highest BCUT2D eigenvalue weighted by Crippen LogP contribution is 2.34. The number of methoxy groups -OCH3 is 1. The van der Waals surface area contributed by atoms with Gasteiger partial charge >= 0.3 is 5.69 Å². The molecule has 2 N–H and O–H groups in total. The second-order valence-electron chi connectivity index (χ2n) is 4.65. The van der Waals surface area contributed by atoms with Gasteiger partial charge in [-0.2, -0.15) is 0 Å². The number of benzene rings is 1. The van der Waals surface area contributed by atoms with Crippen molar-refractivity contribution in [3.8, 4) is 0 Å². The number of nitro groups is 1. The maximum atomic E-state index is 11.1. The normalized spacial score (nSPS) is 11.1. The largest absolute Gasteiger partial charge is 0.382 e. The second-order valence-corrected chi connectivity index (χ2v) is 4.65. The molecular formula is C12H19N3O3. The zero-order chi connectivity index (χ0) is 13.8. The molecule has 6 nitrogen and oxygen atoms in total. The highest BCUT2D eigenvalue weighted by molar-refractivity contribution is 5.76. The Bertz CT molecular complexity index is 433. The van der Waals surface area contributed by atoms with Gasteiger partial charge in [-0.05, 0) is 26.0 Å². The molecule has 0 aromatic heterocycles. The summed E-state index contributed by atoms with van der Waals surface area (Å²) in [4.78, 5) is 10.7. The number of para-hydroxylation sites is 1. The molecule has 6 heteroatoms. The summed E-state index contributed by atoms with van der Waals surface area (Å²) in [5.74, 6) is 0. The molecule has 0 saturated heterocycles. The van der Waals surface area contributed by atoms with E-state index in [0.717, 1.165) is 0 Å². The molecule has 100 valence electrons. The van der Waals surface area contributed by atoms with Crippen molar-refractivity contribution in [1.82, 2.24) is 0 Å². The van der Waals surface area contributed by atoms with Crippen LogP contribution >= 0.6 is 0 Å². The van der Waals surface area contributed by atoms with Crippen LogP contribution in [0, 0.1) is 10.1 Å². The van der Waals surface area contributed by atoms with Gasteiger partial charge in [0, 0.05) is 14.2 Å². The summed E-state index contributed by atoms with van der Waals surface area (Å²) >= 11 is 0. The van der Waals surface area contributed by atoms with Crippen molar-refractivity contribution < 1.29 is 9.66 Å². The van der Waals surface area contributed by atoms with Gasteiger partial charge in [0.2, 0.25) is 0 Å². The fraction of sp³-hybridized carbons (Fsp3) is 0.500. The van der Waals surface area contributed by atoms with Crippen LogP contribution in [0.25, 0.3) is 0 Å². The molecule has 0 bridgehead atoms. The van der Waals surface area contributed by atoms with Crippen LogP contribution in [0.4, 0.5) is 17.1 Å². The standard InChI is InChI=1S/C12H19N3O3/c1-12(2,8-18-4)14-10-7-5-6-9(13-3)11(10)15(16)17/h5-7,13-14H,8H2,1-4H3. The molecule has 0 radical (unpaired) electrons. The van der Waals surface area contributed by atoms with Crippen LogP contribution < -0.4 is 10.6 Å². The minimum Gasteiger partial charge on any atom is -0.382 e. The van der Waals surface area contributed by atoms with Crippen molar-refractivity contribution in [1.29, 1.82) is 0 Å². The number of anilines is 2. The molecule has 0 atom stereocenters. The average Bonchev–Trinajstić information content (AvgIpc) is 2.27. The summed E-state index contributed by atoms with van der Waals surface area (Å²) < 4.78 is 5.09. The maximum Gasteiger partial charge on any atom is 0.315 e. The number of rotatable bonds is 6. The first-order valence-corrected chi connectivity index (χ1v) is 5.63. The minimum atomic E-state index is -0.392. The van der Waals surface area contributed by atoms with Gasteiger partial charge < -0.3 is 15.4 Å². The molecule has 0 saturated carbocycles. The van der Waals surface area contributed by atoms with Crippen molar-refractivity contribution >= 4 is 17.1 Å². The average molecular weight is 253 g/mol. The SMILES string of the molecule is CNc1cccc(NC(C)(C)COC)c1[N+](=O)[O-]. The van der Waals surface area contributed by atoms with Gasteiger partial charge in [-0.15, -0.1) is 0 Å². The monoisotopic (exact) mass is 253 g/mol. The molecule has 0 aliphatic rings. The van der Waals surface area contributed by atoms with Gasteiger partial charge in [-0.3, -0.25) is 10.1 Å². The van der Waals surface area contributed by atoms with E-state index in [9.17, 15) is 10.1 Å². The third-order valence-electron chi connectivity index (χ3n) is 2.47. The Kier molecular flexibility index (Phi) is 4.49. The Morgan fingerprint density at radius 1 is 1.39 bits per heavy atom. The van der Waals surface area contributed by atoms with E-state index in [0.29, 0.717) is 18.0 Å². The lowest BCUT2D eigenvalue weighted by atomic mass is 10.1. The predicted molar refractivity (Wildman–Crippen MR) is 72.2 cm³/mol. The van der Waals surface area contributed by atoms with Crippen LogP contribution in [-0.2, 0) is 4.74 Å². The van der Waals surface area contributed by atoms with Crippen LogP contribution in [0.3, 0.4) is 0 Å². The van der Waals surface area contributed by atoms with Crippen molar-refractivity contribution in [2.75, 3.05) is 31.4 Å². The van der Waals surface area contributed by atoms with Crippen molar-refractivity contribution in [2.45, 2.75) is 19.4 Å². The van der Waals surface area contributed by atoms with Gasteiger partial charge in [-0.25, -0.2) is 0 Å². The number of ether oxygens (including phenoxy) is 1. The molecule has 0 aliphatic heterocycles. The summed E-state index contributed by atoms with van der Waals surface area (Å²) in [6, 6.07) is 5.13.